The number of nitrogens with one attached hydrogen (secondary N) is 2. The van der Waals surface area contributed by atoms with E-state index in [1.807, 2.05) is 0 Å². The first kappa shape index (κ1) is 14.8. The minimum atomic E-state index is -1.21. The van der Waals surface area contributed by atoms with Crippen LogP contribution in [0.4, 0.5) is 10.5 Å². The molecule has 0 unspecified atom stereocenters. The lowest BCUT2D eigenvalue weighted by atomic mass is 10.2. The Kier molecular flexibility index (Phi) is 4.39. The molecule has 2 aromatic rings. The second kappa shape index (κ2) is 6.23. The Morgan fingerprint density at radius 3 is 2.86 bits per heavy atom. The average molecular weight is 310 g/mol. The van der Waals surface area contributed by atoms with Gasteiger partial charge in [-0.25, -0.2) is 14.6 Å². The predicted octanol–water partition coefficient (Wildman–Crippen LogP) is 1.82. The van der Waals surface area contributed by atoms with Gasteiger partial charge in [-0.05, 0) is 12.1 Å². The molecule has 0 saturated heterocycles. The fourth-order valence-electron chi connectivity index (χ4n) is 1.66. The van der Waals surface area contributed by atoms with Crippen LogP contribution in [0, 0.1) is 0 Å². The molecule has 0 aliphatic rings. The van der Waals surface area contributed by atoms with Crippen LogP contribution in [0.3, 0.4) is 0 Å². The molecule has 0 bridgehead atoms. The van der Waals surface area contributed by atoms with E-state index >= 15 is 0 Å². The van der Waals surface area contributed by atoms with Crippen molar-refractivity contribution >= 4 is 29.3 Å². The smallest absolute Gasteiger partial charge is 0.339 e. The molecule has 0 aliphatic carbocycles. The Morgan fingerprint density at radius 2 is 2.24 bits per heavy atom. The lowest BCUT2D eigenvalue weighted by Crippen LogP contribution is -2.31. The van der Waals surface area contributed by atoms with Crippen LogP contribution in [0.5, 0.6) is 0 Å². The summed E-state index contributed by atoms with van der Waals surface area (Å²) in [5, 5.41) is 18.0. The first-order valence-corrected chi connectivity index (χ1v) is 6.25. The molecule has 1 heterocycles. The molecule has 0 fully saturated rings. The molecule has 1 aromatic heterocycles. The van der Waals surface area contributed by atoms with Crippen LogP contribution < -0.4 is 5.32 Å². The third-order valence-electron chi connectivity index (χ3n) is 2.67. The predicted molar refractivity (Wildman–Crippen MR) is 75.3 cm³/mol. The Balaban J connectivity index is 2.12. The largest absolute Gasteiger partial charge is 0.478 e. The van der Waals surface area contributed by atoms with E-state index in [9.17, 15) is 9.59 Å². The number of halogens is 1. The summed E-state index contributed by atoms with van der Waals surface area (Å²) >= 11 is 5.83. The maximum Gasteiger partial charge on any atom is 0.339 e. The van der Waals surface area contributed by atoms with Gasteiger partial charge in [0.25, 0.3) is 0 Å². The molecule has 9 heteroatoms. The van der Waals surface area contributed by atoms with Crippen LogP contribution >= 0.6 is 11.6 Å². The van der Waals surface area contributed by atoms with Crippen LogP contribution in [0.15, 0.2) is 24.5 Å². The van der Waals surface area contributed by atoms with E-state index in [-0.39, 0.29) is 22.8 Å². The fraction of sp³-hybridized carbons (Fsp3) is 0.167. The van der Waals surface area contributed by atoms with Crippen LogP contribution in [-0.2, 0) is 6.54 Å². The molecule has 1 aromatic carbocycles. The third-order valence-corrected chi connectivity index (χ3v) is 2.98. The number of rotatable bonds is 4. The van der Waals surface area contributed by atoms with Crippen LogP contribution in [0.25, 0.3) is 0 Å². The van der Waals surface area contributed by atoms with E-state index in [2.05, 4.69) is 20.5 Å². The molecular formula is C12H12ClN5O3. The molecule has 0 radical (unpaired) electrons. The summed E-state index contributed by atoms with van der Waals surface area (Å²) in [6.07, 6.45) is 1.33. The third kappa shape index (κ3) is 3.48. The number of H-pyrrole nitrogens is 1. The van der Waals surface area contributed by atoms with Crippen molar-refractivity contribution in [2.75, 3.05) is 12.4 Å². The highest BCUT2D eigenvalue weighted by atomic mass is 35.5. The minimum absolute atomic E-state index is 0.0539. The number of carbonyl (C=O) groups is 2. The van der Waals surface area contributed by atoms with Crippen molar-refractivity contribution in [1.29, 1.82) is 0 Å². The second-order valence-corrected chi connectivity index (χ2v) is 4.59. The van der Waals surface area contributed by atoms with Crippen LogP contribution in [-0.4, -0.2) is 44.2 Å². The number of aromatic nitrogens is 3. The Labute approximate surface area is 124 Å². The van der Waals surface area contributed by atoms with E-state index in [1.54, 1.807) is 13.1 Å². The van der Waals surface area contributed by atoms with Gasteiger partial charge in [-0.3, -0.25) is 5.10 Å². The minimum Gasteiger partial charge on any atom is -0.478 e. The lowest BCUT2D eigenvalue weighted by molar-refractivity contribution is 0.0698. The zero-order valence-corrected chi connectivity index (χ0v) is 11.8. The normalized spacial score (nSPS) is 10.2. The molecule has 2 rings (SSSR count). The van der Waals surface area contributed by atoms with Crippen molar-refractivity contribution in [2.24, 2.45) is 0 Å². The maximum absolute atomic E-state index is 12.0. The van der Waals surface area contributed by atoms with Gasteiger partial charge in [-0.1, -0.05) is 17.7 Å². The van der Waals surface area contributed by atoms with E-state index in [0.29, 0.717) is 5.82 Å². The summed E-state index contributed by atoms with van der Waals surface area (Å²) in [7, 11) is 1.54. The molecule has 3 N–H and O–H groups in total. The van der Waals surface area contributed by atoms with Gasteiger partial charge in [0.05, 0.1) is 17.3 Å². The SMILES string of the molecule is CN(Cc1ncn[nH]1)C(=O)Nc1cccc(Cl)c1C(=O)O. The number of hydrogen-bond donors (Lipinski definition) is 3. The molecular weight excluding hydrogens is 298 g/mol. The first-order chi connectivity index (χ1) is 9.99. The van der Waals surface area contributed by atoms with Crippen molar-refractivity contribution in [3.05, 3.63) is 40.9 Å². The fourth-order valence-corrected chi connectivity index (χ4v) is 1.92. The zero-order chi connectivity index (χ0) is 15.4. The first-order valence-electron chi connectivity index (χ1n) is 5.87. The van der Waals surface area contributed by atoms with Gasteiger partial charge in [-0.2, -0.15) is 5.10 Å². The van der Waals surface area contributed by atoms with Gasteiger partial charge < -0.3 is 15.3 Å². The number of nitrogens with zero attached hydrogens (tertiary/aromatic N) is 3. The van der Waals surface area contributed by atoms with Gasteiger partial charge in [0.15, 0.2) is 0 Å². The monoisotopic (exact) mass is 309 g/mol. The topological polar surface area (TPSA) is 111 Å². The quantitative estimate of drug-likeness (QED) is 0.797. The summed E-state index contributed by atoms with van der Waals surface area (Å²) in [5.74, 6) is -0.703. The molecule has 2 amide bonds. The number of urea groups is 1. The van der Waals surface area contributed by atoms with Crippen LogP contribution in [0.1, 0.15) is 16.2 Å². The van der Waals surface area contributed by atoms with Gasteiger partial charge >= 0.3 is 12.0 Å². The zero-order valence-electron chi connectivity index (χ0n) is 11.0. The maximum atomic E-state index is 12.0. The van der Waals surface area contributed by atoms with Crippen LogP contribution in [0.2, 0.25) is 5.02 Å². The molecule has 0 aliphatic heterocycles. The Morgan fingerprint density at radius 1 is 1.48 bits per heavy atom. The summed E-state index contributed by atoms with van der Waals surface area (Å²) in [6.45, 7) is 0.203. The molecule has 110 valence electrons. The molecule has 0 spiro atoms. The van der Waals surface area contributed by atoms with Gasteiger partial charge in [0.1, 0.15) is 17.7 Å². The number of anilines is 1. The van der Waals surface area contributed by atoms with Gasteiger partial charge in [-0.15, -0.1) is 0 Å². The number of amides is 2. The highest BCUT2D eigenvalue weighted by Crippen LogP contribution is 2.24. The highest BCUT2D eigenvalue weighted by Gasteiger charge is 2.18. The lowest BCUT2D eigenvalue weighted by Gasteiger charge is -2.17. The second-order valence-electron chi connectivity index (χ2n) is 4.19. The summed E-state index contributed by atoms with van der Waals surface area (Å²) < 4.78 is 0. The Bertz CT molecular complexity index is 659. The van der Waals surface area contributed by atoms with Crippen molar-refractivity contribution in [2.45, 2.75) is 6.54 Å². The number of carboxylic acids is 1. The van der Waals surface area contributed by atoms with E-state index < -0.39 is 12.0 Å². The number of benzene rings is 1. The van der Waals surface area contributed by atoms with Gasteiger partial charge in [0, 0.05) is 7.05 Å². The number of carbonyl (C=O) groups excluding carboxylic acids is 1. The van der Waals surface area contributed by atoms with Crippen molar-refractivity contribution < 1.29 is 14.7 Å². The van der Waals surface area contributed by atoms with E-state index in [1.165, 1.54) is 23.4 Å². The average Bonchev–Trinajstić information content (AvgIpc) is 2.91. The Hall–Kier alpha value is -2.61. The standard InChI is InChI=1S/C12H12ClN5O3/c1-18(5-9-14-6-15-17-9)12(21)16-8-4-2-3-7(13)10(8)11(19)20/h2-4,6H,5H2,1H3,(H,16,21)(H,19,20)(H,14,15,17). The van der Waals surface area contributed by atoms with Crippen molar-refractivity contribution in [3.63, 3.8) is 0 Å². The summed E-state index contributed by atoms with van der Waals surface area (Å²) in [6, 6.07) is 3.98. The summed E-state index contributed by atoms with van der Waals surface area (Å²) in [5.41, 5.74) is -0.0231. The number of aromatic amines is 1. The molecule has 8 nitrogen and oxygen atoms in total. The molecule has 0 atom stereocenters. The molecule has 0 saturated carbocycles. The molecule has 21 heavy (non-hydrogen) atoms. The van der Waals surface area contributed by atoms with Crippen molar-refractivity contribution in [1.82, 2.24) is 20.1 Å². The number of hydrogen-bond acceptors (Lipinski definition) is 4. The highest BCUT2D eigenvalue weighted by molar-refractivity contribution is 6.34. The van der Waals surface area contributed by atoms with Crippen molar-refractivity contribution in [3.8, 4) is 0 Å². The number of aromatic carboxylic acids is 1. The summed E-state index contributed by atoms with van der Waals surface area (Å²) in [4.78, 5) is 28.4. The van der Waals surface area contributed by atoms with Gasteiger partial charge in [0.2, 0.25) is 0 Å². The number of carboxylic acid groups (broad SMARTS) is 1. The van der Waals surface area contributed by atoms with E-state index in [4.69, 9.17) is 16.7 Å². The van der Waals surface area contributed by atoms with E-state index in [0.717, 1.165) is 0 Å².